The Kier molecular flexibility index (Phi) is 4.84. The normalized spacial score (nSPS) is 12.2. The van der Waals surface area contributed by atoms with Gasteiger partial charge in [0.1, 0.15) is 5.56 Å². The standard InChI is InChI=1S/C11H15FN2O3/c1-3-7(6-17-2)14-10-9(12)8(11(15)16)4-5-13-10/h4-5,7H,3,6H2,1-2H3,(H,13,14)(H,15,16). The molecule has 0 saturated carbocycles. The van der Waals surface area contributed by atoms with Gasteiger partial charge in [-0.15, -0.1) is 0 Å². The predicted molar refractivity (Wildman–Crippen MR) is 60.7 cm³/mol. The summed E-state index contributed by atoms with van der Waals surface area (Å²) in [6, 6.07) is 1.02. The fourth-order valence-corrected chi connectivity index (χ4v) is 1.37. The van der Waals surface area contributed by atoms with E-state index in [4.69, 9.17) is 9.84 Å². The Morgan fingerprint density at radius 2 is 2.41 bits per heavy atom. The van der Waals surface area contributed by atoms with Crippen molar-refractivity contribution in [1.29, 1.82) is 0 Å². The second-order valence-electron chi connectivity index (χ2n) is 3.53. The Labute approximate surface area is 98.6 Å². The average molecular weight is 242 g/mol. The first-order valence-corrected chi connectivity index (χ1v) is 5.23. The number of anilines is 1. The van der Waals surface area contributed by atoms with Crippen LogP contribution in [0.4, 0.5) is 10.2 Å². The van der Waals surface area contributed by atoms with Crippen LogP contribution in [0.3, 0.4) is 0 Å². The number of nitrogens with one attached hydrogen (secondary N) is 1. The minimum absolute atomic E-state index is 0.0613. The molecule has 0 aliphatic carbocycles. The van der Waals surface area contributed by atoms with E-state index in [1.54, 1.807) is 7.11 Å². The molecular weight excluding hydrogens is 227 g/mol. The van der Waals surface area contributed by atoms with Crippen LogP contribution in [-0.4, -0.2) is 35.8 Å². The molecule has 0 aliphatic heterocycles. The number of pyridine rings is 1. The summed E-state index contributed by atoms with van der Waals surface area (Å²) in [5, 5.41) is 11.6. The van der Waals surface area contributed by atoms with Crippen molar-refractivity contribution in [1.82, 2.24) is 4.98 Å². The van der Waals surface area contributed by atoms with E-state index in [2.05, 4.69) is 10.3 Å². The lowest BCUT2D eigenvalue weighted by atomic mass is 10.2. The molecule has 1 rings (SSSR count). The van der Waals surface area contributed by atoms with E-state index >= 15 is 0 Å². The van der Waals surface area contributed by atoms with Gasteiger partial charge in [-0.05, 0) is 12.5 Å². The first kappa shape index (κ1) is 13.4. The third-order valence-electron chi connectivity index (χ3n) is 2.32. The summed E-state index contributed by atoms with van der Waals surface area (Å²) < 4.78 is 18.7. The van der Waals surface area contributed by atoms with Crippen molar-refractivity contribution in [3.05, 3.63) is 23.6 Å². The van der Waals surface area contributed by atoms with Crippen molar-refractivity contribution in [2.45, 2.75) is 19.4 Å². The second kappa shape index (κ2) is 6.15. The van der Waals surface area contributed by atoms with Gasteiger partial charge < -0.3 is 15.2 Å². The predicted octanol–water partition coefficient (Wildman–Crippen LogP) is 1.76. The molecule has 1 atom stereocenters. The smallest absolute Gasteiger partial charge is 0.338 e. The number of aromatic carboxylic acids is 1. The third-order valence-corrected chi connectivity index (χ3v) is 2.32. The number of methoxy groups -OCH3 is 1. The molecule has 0 fully saturated rings. The maximum atomic E-state index is 13.7. The van der Waals surface area contributed by atoms with Crippen molar-refractivity contribution >= 4 is 11.8 Å². The number of aromatic nitrogens is 1. The molecule has 6 heteroatoms. The maximum Gasteiger partial charge on any atom is 0.338 e. The molecule has 0 spiro atoms. The zero-order valence-electron chi connectivity index (χ0n) is 9.74. The lowest BCUT2D eigenvalue weighted by Crippen LogP contribution is -2.25. The van der Waals surface area contributed by atoms with Crippen LogP contribution >= 0.6 is 0 Å². The van der Waals surface area contributed by atoms with Crippen LogP contribution in [0.15, 0.2) is 12.3 Å². The van der Waals surface area contributed by atoms with Gasteiger partial charge in [0.15, 0.2) is 11.6 Å². The first-order chi connectivity index (χ1) is 8.10. The molecule has 1 heterocycles. The van der Waals surface area contributed by atoms with E-state index in [0.29, 0.717) is 13.0 Å². The molecule has 17 heavy (non-hydrogen) atoms. The van der Waals surface area contributed by atoms with E-state index in [0.717, 1.165) is 6.07 Å². The summed E-state index contributed by atoms with van der Waals surface area (Å²) >= 11 is 0. The molecule has 1 aromatic heterocycles. The molecule has 5 nitrogen and oxygen atoms in total. The van der Waals surface area contributed by atoms with Crippen molar-refractivity contribution in [3.8, 4) is 0 Å². The Bertz CT molecular complexity index is 398. The Morgan fingerprint density at radius 3 is 2.94 bits per heavy atom. The Morgan fingerprint density at radius 1 is 1.71 bits per heavy atom. The van der Waals surface area contributed by atoms with Crippen LogP contribution in [-0.2, 0) is 4.74 Å². The van der Waals surface area contributed by atoms with Gasteiger partial charge in [-0.2, -0.15) is 0 Å². The SMILES string of the molecule is CCC(COC)Nc1nccc(C(=O)O)c1F. The number of nitrogens with zero attached hydrogens (tertiary/aromatic N) is 1. The molecule has 0 aliphatic rings. The summed E-state index contributed by atoms with van der Waals surface area (Å²) in [7, 11) is 1.54. The molecule has 2 N–H and O–H groups in total. The highest BCUT2D eigenvalue weighted by atomic mass is 19.1. The maximum absolute atomic E-state index is 13.7. The molecular formula is C11H15FN2O3. The highest BCUT2D eigenvalue weighted by Crippen LogP contribution is 2.16. The molecule has 94 valence electrons. The van der Waals surface area contributed by atoms with E-state index in [-0.39, 0.29) is 11.9 Å². The van der Waals surface area contributed by atoms with Gasteiger partial charge in [0, 0.05) is 13.3 Å². The third kappa shape index (κ3) is 3.39. The van der Waals surface area contributed by atoms with Gasteiger partial charge in [-0.25, -0.2) is 14.2 Å². The Hall–Kier alpha value is -1.69. The van der Waals surface area contributed by atoms with Crippen LogP contribution in [0, 0.1) is 5.82 Å². The largest absolute Gasteiger partial charge is 0.478 e. The number of carbonyl (C=O) groups is 1. The lowest BCUT2D eigenvalue weighted by molar-refractivity contribution is 0.0692. The molecule has 0 aromatic carbocycles. The van der Waals surface area contributed by atoms with Crippen molar-refractivity contribution in [2.75, 3.05) is 19.0 Å². The van der Waals surface area contributed by atoms with Gasteiger partial charge >= 0.3 is 5.97 Å². The molecule has 0 radical (unpaired) electrons. The molecule has 0 saturated heterocycles. The summed E-state index contributed by atoms with van der Waals surface area (Å²) in [5.74, 6) is -2.23. The quantitative estimate of drug-likeness (QED) is 0.795. The van der Waals surface area contributed by atoms with Gasteiger partial charge in [0.25, 0.3) is 0 Å². The summed E-state index contributed by atoms with van der Waals surface area (Å²) in [6.45, 7) is 2.31. The topological polar surface area (TPSA) is 71.5 Å². The summed E-state index contributed by atoms with van der Waals surface area (Å²) in [4.78, 5) is 14.5. The molecule has 0 bridgehead atoms. The minimum Gasteiger partial charge on any atom is -0.478 e. The molecule has 0 amide bonds. The number of hydrogen-bond acceptors (Lipinski definition) is 4. The number of rotatable bonds is 6. The van der Waals surface area contributed by atoms with Crippen LogP contribution in [0.2, 0.25) is 0 Å². The van der Waals surface area contributed by atoms with E-state index in [1.807, 2.05) is 6.92 Å². The van der Waals surface area contributed by atoms with Crippen LogP contribution in [0.25, 0.3) is 0 Å². The zero-order chi connectivity index (χ0) is 12.8. The van der Waals surface area contributed by atoms with E-state index < -0.39 is 17.3 Å². The van der Waals surface area contributed by atoms with Gasteiger partial charge in [0.2, 0.25) is 0 Å². The number of carboxylic acids is 1. The summed E-state index contributed by atoms with van der Waals surface area (Å²) in [6.07, 6.45) is 1.97. The average Bonchev–Trinajstić information content (AvgIpc) is 2.30. The van der Waals surface area contributed by atoms with Crippen molar-refractivity contribution in [2.24, 2.45) is 0 Å². The zero-order valence-corrected chi connectivity index (χ0v) is 9.74. The number of hydrogen-bond donors (Lipinski definition) is 2. The minimum atomic E-state index is -1.31. The lowest BCUT2D eigenvalue weighted by Gasteiger charge is -2.17. The molecule has 1 aromatic rings. The van der Waals surface area contributed by atoms with E-state index in [9.17, 15) is 9.18 Å². The van der Waals surface area contributed by atoms with Gasteiger partial charge in [-0.3, -0.25) is 0 Å². The summed E-state index contributed by atoms with van der Waals surface area (Å²) in [5.41, 5.74) is -0.394. The highest BCUT2D eigenvalue weighted by Gasteiger charge is 2.17. The molecule has 1 unspecified atom stereocenters. The number of ether oxygens (including phenoxy) is 1. The number of halogens is 1. The van der Waals surface area contributed by atoms with Gasteiger partial charge in [0.05, 0.1) is 12.6 Å². The fraction of sp³-hybridized carbons (Fsp3) is 0.455. The fourth-order valence-electron chi connectivity index (χ4n) is 1.37. The second-order valence-corrected chi connectivity index (χ2v) is 3.53. The van der Waals surface area contributed by atoms with Crippen LogP contribution < -0.4 is 5.32 Å². The van der Waals surface area contributed by atoms with Gasteiger partial charge in [-0.1, -0.05) is 6.92 Å². The number of carboxylic acid groups (broad SMARTS) is 1. The highest BCUT2D eigenvalue weighted by molar-refractivity contribution is 5.88. The van der Waals surface area contributed by atoms with Crippen molar-refractivity contribution < 1.29 is 19.0 Å². The van der Waals surface area contributed by atoms with Crippen molar-refractivity contribution in [3.63, 3.8) is 0 Å². The Balaban J connectivity index is 2.91. The van der Waals surface area contributed by atoms with Crippen LogP contribution in [0.1, 0.15) is 23.7 Å². The first-order valence-electron chi connectivity index (χ1n) is 5.23. The van der Waals surface area contributed by atoms with E-state index in [1.165, 1.54) is 6.20 Å². The monoisotopic (exact) mass is 242 g/mol. The van der Waals surface area contributed by atoms with Crippen LogP contribution in [0.5, 0.6) is 0 Å².